The van der Waals surface area contributed by atoms with E-state index in [2.05, 4.69) is 24.3 Å². The van der Waals surface area contributed by atoms with Gasteiger partial charge >= 0.3 is 0 Å². The molecule has 0 aliphatic carbocycles. The quantitative estimate of drug-likeness (QED) is 0.236. The lowest BCUT2D eigenvalue weighted by atomic mass is 10.1. The van der Waals surface area contributed by atoms with E-state index in [0.29, 0.717) is 45.9 Å². The van der Waals surface area contributed by atoms with Gasteiger partial charge in [0.2, 0.25) is 0 Å². The molecule has 0 N–H and O–H groups in total. The number of thioether (sulfide) groups is 1. The van der Waals surface area contributed by atoms with Gasteiger partial charge in [0.1, 0.15) is 6.61 Å². The molecule has 7 heteroatoms. The lowest BCUT2D eigenvalue weighted by Gasteiger charge is -2.15. The number of carbonyl (C=O) groups is 2. The van der Waals surface area contributed by atoms with Crippen molar-refractivity contribution < 1.29 is 19.1 Å². The number of imide groups is 1. The van der Waals surface area contributed by atoms with Crippen LogP contribution < -0.4 is 14.4 Å². The molecule has 1 saturated heterocycles. The molecule has 1 aliphatic rings. The van der Waals surface area contributed by atoms with Crippen molar-refractivity contribution in [2.45, 2.75) is 13.5 Å². The first kappa shape index (κ1) is 24.0. The smallest absolute Gasteiger partial charge is 0.298 e. The minimum absolute atomic E-state index is 0.312. The highest BCUT2D eigenvalue weighted by Gasteiger charge is 2.36. The van der Waals surface area contributed by atoms with Crippen LogP contribution in [0.3, 0.4) is 0 Å². The van der Waals surface area contributed by atoms with E-state index in [4.69, 9.17) is 21.1 Å². The van der Waals surface area contributed by atoms with Crippen molar-refractivity contribution in [1.29, 1.82) is 0 Å². The number of amides is 2. The third kappa shape index (κ3) is 4.96. The van der Waals surface area contributed by atoms with Crippen molar-refractivity contribution >= 4 is 57.0 Å². The number of carbonyl (C=O) groups excluding carboxylic acids is 2. The molecular weight excluding hydrogens is 494 g/mol. The molecule has 0 aromatic heterocycles. The summed E-state index contributed by atoms with van der Waals surface area (Å²) < 4.78 is 11.9. The minimum Gasteiger partial charge on any atom is -0.490 e. The number of hydrogen-bond acceptors (Lipinski definition) is 5. The maximum atomic E-state index is 13.0. The molecule has 4 aromatic carbocycles. The van der Waals surface area contributed by atoms with Gasteiger partial charge in [0.25, 0.3) is 11.1 Å². The summed E-state index contributed by atoms with van der Waals surface area (Å²) in [6.07, 6.45) is 1.65. The Kier molecular flexibility index (Phi) is 6.98. The fourth-order valence-corrected chi connectivity index (χ4v) is 5.09. The highest BCUT2D eigenvalue weighted by Crippen LogP contribution is 2.40. The first-order valence-electron chi connectivity index (χ1n) is 11.4. The summed E-state index contributed by atoms with van der Waals surface area (Å²) in [4.78, 5) is 27.0. The van der Waals surface area contributed by atoms with E-state index in [1.165, 1.54) is 4.90 Å². The van der Waals surface area contributed by atoms with E-state index in [0.717, 1.165) is 28.1 Å². The lowest BCUT2D eigenvalue weighted by Crippen LogP contribution is -2.27. The molecule has 180 valence electrons. The molecule has 0 unspecified atom stereocenters. The molecule has 0 radical (unpaired) electrons. The van der Waals surface area contributed by atoms with Gasteiger partial charge in [-0.1, -0.05) is 66.2 Å². The van der Waals surface area contributed by atoms with E-state index in [1.54, 1.807) is 42.5 Å². The van der Waals surface area contributed by atoms with Gasteiger partial charge in [-0.3, -0.25) is 9.59 Å². The monoisotopic (exact) mass is 515 g/mol. The molecule has 5 nitrogen and oxygen atoms in total. The number of nitrogens with zero attached hydrogens (tertiary/aromatic N) is 1. The van der Waals surface area contributed by atoms with Crippen LogP contribution in [0, 0.1) is 0 Å². The highest BCUT2D eigenvalue weighted by atomic mass is 35.5. The van der Waals surface area contributed by atoms with Crippen molar-refractivity contribution in [3.63, 3.8) is 0 Å². The summed E-state index contributed by atoms with van der Waals surface area (Å²) in [5.41, 5.74) is 2.18. The van der Waals surface area contributed by atoms with Gasteiger partial charge in [-0.05, 0) is 77.0 Å². The number of para-hydroxylation sites is 1. The van der Waals surface area contributed by atoms with Crippen LogP contribution in [0.1, 0.15) is 18.1 Å². The molecule has 0 spiro atoms. The molecule has 36 heavy (non-hydrogen) atoms. The van der Waals surface area contributed by atoms with E-state index in [1.807, 2.05) is 31.2 Å². The van der Waals surface area contributed by atoms with Gasteiger partial charge in [0.05, 0.1) is 22.2 Å². The van der Waals surface area contributed by atoms with Crippen LogP contribution in [-0.4, -0.2) is 17.8 Å². The summed E-state index contributed by atoms with van der Waals surface area (Å²) in [6.45, 7) is 2.61. The molecule has 1 aliphatic heterocycles. The summed E-state index contributed by atoms with van der Waals surface area (Å²) in [6, 6.07) is 26.6. The Morgan fingerprint density at radius 3 is 2.42 bits per heavy atom. The van der Waals surface area contributed by atoms with Crippen LogP contribution in [-0.2, 0) is 11.4 Å². The van der Waals surface area contributed by atoms with Crippen LogP contribution in [0.15, 0.2) is 89.8 Å². The van der Waals surface area contributed by atoms with Crippen LogP contribution in [0.2, 0.25) is 5.02 Å². The number of benzene rings is 4. The number of anilines is 1. The third-order valence-corrected chi connectivity index (χ3v) is 6.78. The largest absolute Gasteiger partial charge is 0.490 e. The second kappa shape index (κ2) is 10.5. The van der Waals surface area contributed by atoms with Gasteiger partial charge in [-0.2, -0.15) is 0 Å². The zero-order chi connectivity index (χ0) is 25.1. The predicted molar refractivity (Wildman–Crippen MR) is 146 cm³/mol. The Labute approximate surface area is 218 Å². The van der Waals surface area contributed by atoms with Crippen molar-refractivity contribution in [1.82, 2.24) is 0 Å². The van der Waals surface area contributed by atoms with Crippen molar-refractivity contribution in [2.75, 3.05) is 11.5 Å². The second-order valence-electron chi connectivity index (χ2n) is 8.09. The highest BCUT2D eigenvalue weighted by molar-refractivity contribution is 8.19. The topological polar surface area (TPSA) is 55.8 Å². The maximum absolute atomic E-state index is 13.0. The summed E-state index contributed by atoms with van der Waals surface area (Å²) in [5, 5.41) is 2.31. The number of hydrogen-bond donors (Lipinski definition) is 0. The SMILES string of the molecule is CCOc1cc(/C=C2\SC(=O)N(c3ccccc3)C2=O)cc(Cl)c1OCc1ccc2ccccc2c1. The molecule has 0 bridgehead atoms. The van der Waals surface area contributed by atoms with Gasteiger partial charge < -0.3 is 9.47 Å². The lowest BCUT2D eigenvalue weighted by molar-refractivity contribution is -0.113. The second-order valence-corrected chi connectivity index (χ2v) is 9.49. The molecule has 1 fully saturated rings. The van der Waals surface area contributed by atoms with E-state index >= 15 is 0 Å². The number of halogens is 1. The summed E-state index contributed by atoms with van der Waals surface area (Å²) >= 11 is 7.50. The van der Waals surface area contributed by atoms with Crippen molar-refractivity contribution in [3.05, 3.63) is 106 Å². The minimum atomic E-state index is -0.373. The number of fused-ring (bicyclic) bond motifs is 1. The van der Waals surface area contributed by atoms with Gasteiger partial charge in [0.15, 0.2) is 11.5 Å². The van der Waals surface area contributed by atoms with E-state index in [-0.39, 0.29) is 11.1 Å². The van der Waals surface area contributed by atoms with Crippen LogP contribution in [0.4, 0.5) is 10.5 Å². The molecule has 5 rings (SSSR count). The van der Waals surface area contributed by atoms with Crippen LogP contribution >= 0.6 is 23.4 Å². The summed E-state index contributed by atoms with van der Waals surface area (Å²) in [5.74, 6) is 0.530. The Morgan fingerprint density at radius 2 is 1.64 bits per heavy atom. The normalized spacial score (nSPS) is 14.6. The Balaban J connectivity index is 1.40. The average molecular weight is 516 g/mol. The molecule has 4 aromatic rings. The van der Waals surface area contributed by atoms with Crippen LogP contribution in [0.5, 0.6) is 11.5 Å². The first-order valence-corrected chi connectivity index (χ1v) is 12.6. The molecule has 0 saturated carbocycles. The van der Waals surface area contributed by atoms with Crippen LogP contribution in [0.25, 0.3) is 16.8 Å². The van der Waals surface area contributed by atoms with E-state index < -0.39 is 0 Å². The zero-order valence-electron chi connectivity index (χ0n) is 19.4. The van der Waals surface area contributed by atoms with Gasteiger partial charge in [-0.25, -0.2) is 4.90 Å². The first-order chi connectivity index (χ1) is 17.5. The Morgan fingerprint density at radius 1 is 0.889 bits per heavy atom. The van der Waals surface area contributed by atoms with Crippen molar-refractivity contribution in [2.24, 2.45) is 0 Å². The van der Waals surface area contributed by atoms with Crippen molar-refractivity contribution in [3.8, 4) is 11.5 Å². The zero-order valence-corrected chi connectivity index (χ0v) is 21.0. The fraction of sp³-hybridized carbons (Fsp3) is 0.103. The Bertz CT molecular complexity index is 1490. The van der Waals surface area contributed by atoms with E-state index in [9.17, 15) is 9.59 Å². The average Bonchev–Trinajstić information content (AvgIpc) is 3.16. The summed E-state index contributed by atoms with van der Waals surface area (Å²) in [7, 11) is 0. The molecular formula is C29H22ClNO4S. The molecule has 2 amide bonds. The predicted octanol–water partition coefficient (Wildman–Crippen LogP) is 7.71. The maximum Gasteiger partial charge on any atom is 0.298 e. The van der Waals surface area contributed by atoms with Gasteiger partial charge in [0, 0.05) is 0 Å². The Hall–Kier alpha value is -3.74. The van der Waals surface area contributed by atoms with Gasteiger partial charge in [-0.15, -0.1) is 0 Å². The number of ether oxygens (including phenoxy) is 2. The fourth-order valence-electron chi connectivity index (χ4n) is 3.98. The number of rotatable bonds is 7. The molecule has 1 heterocycles. The third-order valence-electron chi connectivity index (χ3n) is 5.63. The standard InChI is InChI=1S/C29H22ClNO4S/c1-2-34-25-16-20(17-26-28(32)31(29(33)36-26)23-10-4-3-5-11-23)15-24(30)27(25)35-18-19-12-13-21-8-6-7-9-22(21)14-19/h3-17H,2,18H2,1H3/b26-17-. The molecule has 0 atom stereocenters.